The van der Waals surface area contributed by atoms with Crippen molar-refractivity contribution in [3.8, 4) is 0 Å². The number of benzene rings is 1. The number of aliphatic carboxylic acids is 1. The molecule has 1 fully saturated rings. The van der Waals surface area contributed by atoms with E-state index < -0.39 is 16.0 Å². The summed E-state index contributed by atoms with van der Waals surface area (Å²) in [5, 5.41) is 9.01. The van der Waals surface area contributed by atoms with Gasteiger partial charge in [-0.05, 0) is 30.9 Å². The van der Waals surface area contributed by atoms with Gasteiger partial charge in [0, 0.05) is 12.1 Å². The first-order valence-corrected chi connectivity index (χ1v) is 7.82. The van der Waals surface area contributed by atoms with E-state index in [0.29, 0.717) is 18.0 Å². The van der Waals surface area contributed by atoms with E-state index in [1.54, 1.807) is 23.1 Å². The highest BCUT2D eigenvalue weighted by Crippen LogP contribution is 2.32. The molecular formula is C13H14N2O4S. The average molecular weight is 294 g/mol. The number of nitrogens with zero attached hydrogens (tertiary/aromatic N) is 2. The predicted molar refractivity (Wildman–Crippen MR) is 72.1 cm³/mol. The van der Waals surface area contributed by atoms with Crippen LogP contribution in [0.1, 0.15) is 18.4 Å². The van der Waals surface area contributed by atoms with Gasteiger partial charge in [-0.25, -0.2) is 0 Å². The summed E-state index contributed by atoms with van der Waals surface area (Å²) in [6.07, 6.45) is 2.11. The molecule has 0 unspecified atom stereocenters. The van der Waals surface area contributed by atoms with Crippen molar-refractivity contribution in [3.63, 3.8) is 0 Å². The van der Waals surface area contributed by atoms with E-state index in [4.69, 9.17) is 5.11 Å². The van der Waals surface area contributed by atoms with Crippen LogP contribution in [-0.4, -0.2) is 43.3 Å². The molecule has 0 atom stereocenters. The van der Waals surface area contributed by atoms with Gasteiger partial charge >= 0.3 is 5.97 Å². The number of amidine groups is 1. The second-order valence-electron chi connectivity index (χ2n) is 5.10. The molecule has 0 amide bonds. The minimum absolute atomic E-state index is 0.154. The maximum atomic E-state index is 12.0. The lowest BCUT2D eigenvalue weighted by molar-refractivity contribution is -0.137. The summed E-state index contributed by atoms with van der Waals surface area (Å²) in [5.41, 5.74) is 0.495. The lowest BCUT2D eigenvalue weighted by atomic mass is 10.2. The Morgan fingerprint density at radius 2 is 2.05 bits per heavy atom. The van der Waals surface area contributed by atoms with Crippen molar-refractivity contribution < 1.29 is 18.3 Å². The fraction of sp³-hybridized carbons (Fsp3) is 0.385. The fourth-order valence-electron chi connectivity index (χ4n) is 2.32. The number of carbonyl (C=O) groups is 1. The predicted octanol–water partition coefficient (Wildman–Crippen LogP) is 0.932. The van der Waals surface area contributed by atoms with Gasteiger partial charge in [0.2, 0.25) is 0 Å². The number of hydrogen-bond acceptors (Lipinski definition) is 4. The third kappa shape index (κ3) is 2.40. The molecule has 1 aromatic carbocycles. The van der Waals surface area contributed by atoms with Gasteiger partial charge in [0.1, 0.15) is 11.4 Å². The maximum Gasteiger partial charge on any atom is 0.323 e. The monoisotopic (exact) mass is 294 g/mol. The Balaban J connectivity index is 2.00. The number of sulfonamides is 1. The normalized spacial score (nSPS) is 19.3. The van der Waals surface area contributed by atoms with Crippen LogP contribution in [0.5, 0.6) is 0 Å². The zero-order valence-corrected chi connectivity index (χ0v) is 11.5. The summed E-state index contributed by atoms with van der Waals surface area (Å²) in [6, 6.07) is 6.53. The first-order valence-electron chi connectivity index (χ1n) is 6.38. The molecule has 0 radical (unpaired) electrons. The van der Waals surface area contributed by atoms with Crippen molar-refractivity contribution in [2.45, 2.75) is 17.7 Å². The van der Waals surface area contributed by atoms with Crippen molar-refractivity contribution >= 4 is 21.8 Å². The van der Waals surface area contributed by atoms with Crippen LogP contribution in [0.15, 0.2) is 33.6 Å². The summed E-state index contributed by atoms with van der Waals surface area (Å²) in [7, 11) is -3.70. The highest BCUT2D eigenvalue weighted by Gasteiger charge is 2.34. The molecule has 3 rings (SSSR count). The molecule has 0 saturated heterocycles. The Morgan fingerprint density at radius 3 is 2.70 bits per heavy atom. The van der Waals surface area contributed by atoms with Crippen LogP contribution in [0.25, 0.3) is 0 Å². The van der Waals surface area contributed by atoms with Crippen LogP contribution >= 0.6 is 0 Å². The zero-order valence-electron chi connectivity index (χ0n) is 10.7. The van der Waals surface area contributed by atoms with Crippen LogP contribution < -0.4 is 0 Å². The van der Waals surface area contributed by atoms with Crippen molar-refractivity contribution in [3.05, 3.63) is 29.8 Å². The molecule has 1 aromatic rings. The third-order valence-electron chi connectivity index (χ3n) is 3.41. The molecule has 1 aliphatic carbocycles. The molecular weight excluding hydrogens is 280 g/mol. The van der Waals surface area contributed by atoms with Gasteiger partial charge in [-0.2, -0.15) is 8.42 Å². The fourth-order valence-corrected chi connectivity index (χ4v) is 3.55. The standard InChI is InChI=1S/C13H14N2O4S/c16-12(17)8-15(7-9-5-6-9)13-10-3-1-2-4-11(10)20(18,19)14-13/h1-4,9H,5-8H2,(H,16,17). The Morgan fingerprint density at radius 1 is 1.35 bits per heavy atom. The van der Waals surface area contributed by atoms with Gasteiger partial charge in [0.15, 0.2) is 5.84 Å². The molecule has 1 heterocycles. The van der Waals surface area contributed by atoms with Gasteiger partial charge < -0.3 is 10.0 Å². The van der Waals surface area contributed by atoms with Crippen LogP contribution in [0.3, 0.4) is 0 Å². The molecule has 1 saturated carbocycles. The Kier molecular flexibility index (Phi) is 3.01. The molecule has 7 heteroatoms. The smallest absolute Gasteiger partial charge is 0.323 e. The lowest BCUT2D eigenvalue weighted by Gasteiger charge is -2.22. The second kappa shape index (κ2) is 4.59. The summed E-state index contributed by atoms with van der Waals surface area (Å²) < 4.78 is 27.8. The Hall–Kier alpha value is -1.89. The van der Waals surface area contributed by atoms with Crippen molar-refractivity contribution in [2.24, 2.45) is 10.3 Å². The SMILES string of the molecule is O=C(O)CN(CC1CC1)C1=NS(=O)(=O)c2ccccc21. The van der Waals surface area contributed by atoms with Crippen LogP contribution in [0.4, 0.5) is 0 Å². The first-order chi connectivity index (χ1) is 9.47. The van der Waals surface area contributed by atoms with Crippen LogP contribution in [-0.2, 0) is 14.8 Å². The topological polar surface area (TPSA) is 87.0 Å². The summed E-state index contributed by atoms with van der Waals surface area (Å²) >= 11 is 0. The van der Waals surface area contributed by atoms with E-state index >= 15 is 0 Å². The largest absolute Gasteiger partial charge is 0.480 e. The van der Waals surface area contributed by atoms with E-state index in [1.165, 1.54) is 6.07 Å². The van der Waals surface area contributed by atoms with Gasteiger partial charge in [0.05, 0.1) is 0 Å². The van der Waals surface area contributed by atoms with Crippen LogP contribution in [0.2, 0.25) is 0 Å². The van der Waals surface area contributed by atoms with Crippen molar-refractivity contribution in [1.82, 2.24) is 4.90 Å². The summed E-state index contributed by atoms with van der Waals surface area (Å²) in [6.45, 7) is 0.300. The average Bonchev–Trinajstić information content (AvgIpc) is 3.14. The van der Waals surface area contributed by atoms with E-state index in [0.717, 1.165) is 12.8 Å². The maximum absolute atomic E-state index is 12.0. The number of hydrogen-bond donors (Lipinski definition) is 1. The lowest BCUT2D eigenvalue weighted by Crippen LogP contribution is -2.37. The van der Waals surface area contributed by atoms with Crippen molar-refractivity contribution in [1.29, 1.82) is 0 Å². The van der Waals surface area contributed by atoms with Gasteiger partial charge in [-0.15, -0.1) is 4.40 Å². The van der Waals surface area contributed by atoms with E-state index in [-0.39, 0.29) is 17.3 Å². The highest BCUT2D eigenvalue weighted by molar-refractivity contribution is 7.90. The van der Waals surface area contributed by atoms with Crippen molar-refractivity contribution in [2.75, 3.05) is 13.1 Å². The second-order valence-corrected chi connectivity index (χ2v) is 6.68. The van der Waals surface area contributed by atoms with Gasteiger partial charge in [-0.1, -0.05) is 12.1 Å². The molecule has 0 spiro atoms. The first kappa shape index (κ1) is 13.1. The minimum atomic E-state index is -3.70. The number of carboxylic acid groups (broad SMARTS) is 1. The third-order valence-corrected chi connectivity index (χ3v) is 4.74. The van der Waals surface area contributed by atoms with E-state index in [1.807, 2.05) is 0 Å². The number of rotatable bonds is 4. The quantitative estimate of drug-likeness (QED) is 0.892. The molecule has 0 aromatic heterocycles. The van der Waals surface area contributed by atoms with Gasteiger partial charge in [0.25, 0.3) is 10.0 Å². The highest BCUT2D eigenvalue weighted by atomic mass is 32.2. The number of fused-ring (bicyclic) bond motifs is 1. The molecule has 0 bridgehead atoms. The molecule has 20 heavy (non-hydrogen) atoms. The summed E-state index contributed by atoms with van der Waals surface area (Å²) in [5.74, 6) is -0.294. The zero-order chi connectivity index (χ0) is 14.3. The summed E-state index contributed by atoms with van der Waals surface area (Å²) in [4.78, 5) is 12.7. The van der Waals surface area contributed by atoms with E-state index in [9.17, 15) is 13.2 Å². The minimum Gasteiger partial charge on any atom is -0.480 e. The molecule has 106 valence electrons. The Labute approximate surface area is 116 Å². The van der Waals surface area contributed by atoms with E-state index in [2.05, 4.69) is 4.40 Å². The van der Waals surface area contributed by atoms with Gasteiger partial charge in [-0.3, -0.25) is 4.79 Å². The molecule has 2 aliphatic rings. The molecule has 1 N–H and O–H groups in total. The Bertz CT molecular complexity index is 692. The molecule has 6 nitrogen and oxygen atoms in total. The van der Waals surface area contributed by atoms with Crippen LogP contribution in [0, 0.1) is 5.92 Å². The molecule has 1 aliphatic heterocycles. The number of carboxylic acids is 1.